The molecule has 3 atom stereocenters. The van der Waals surface area contributed by atoms with Crippen LogP contribution < -0.4 is 5.32 Å². The lowest BCUT2D eigenvalue weighted by Crippen LogP contribution is -2.47. The molecular weight excluding hydrogens is 1020 g/mol. The molecule has 0 aliphatic rings. The van der Waals surface area contributed by atoms with Crippen molar-refractivity contribution in [2.24, 2.45) is 0 Å². The second-order valence-electron chi connectivity index (χ2n) is 24.7. The highest BCUT2D eigenvalue weighted by molar-refractivity contribution is 7.47. The summed E-state index contributed by atoms with van der Waals surface area (Å²) >= 11 is 0. The molecule has 10 heteroatoms. The van der Waals surface area contributed by atoms with Crippen molar-refractivity contribution >= 4 is 19.7 Å². The van der Waals surface area contributed by atoms with Crippen molar-refractivity contribution in [3.63, 3.8) is 0 Å². The number of allylic oxidation sites excluding steroid dienone is 9. The minimum atomic E-state index is -4.46. The largest absolute Gasteiger partial charge is 0.472 e. The molecule has 0 bridgehead atoms. The van der Waals surface area contributed by atoms with Gasteiger partial charge in [-0.25, -0.2) is 4.57 Å². The van der Waals surface area contributed by atoms with E-state index in [4.69, 9.17) is 13.8 Å². The lowest BCUT2D eigenvalue weighted by Gasteiger charge is -2.27. The molecule has 0 aromatic heterocycles. The van der Waals surface area contributed by atoms with Gasteiger partial charge in [-0.05, 0) is 96.0 Å². The van der Waals surface area contributed by atoms with Gasteiger partial charge < -0.3 is 19.4 Å². The second kappa shape index (κ2) is 60.8. The number of phosphoric ester groups is 1. The molecule has 81 heavy (non-hydrogen) atoms. The van der Waals surface area contributed by atoms with Crippen LogP contribution in [0, 0.1) is 0 Å². The molecule has 0 saturated carbocycles. The number of hydrogen-bond acceptors (Lipinski definition) is 6. The Bertz CT molecular complexity index is 1570. The average Bonchev–Trinajstić information content (AvgIpc) is 3.44. The molecular formula is C71H134N2O7P+. The molecule has 0 aromatic rings. The molecule has 0 radical (unpaired) electrons. The normalized spacial score (nSPS) is 13.9. The van der Waals surface area contributed by atoms with E-state index in [1.807, 2.05) is 33.3 Å². The maximum atomic E-state index is 13.6. The first kappa shape index (κ1) is 78.7. The lowest BCUT2D eigenvalue weighted by atomic mass is 10.0. The quantitative estimate of drug-likeness (QED) is 0.0205. The average molecular weight is 1160 g/mol. The Labute approximate surface area is 502 Å². The summed E-state index contributed by atoms with van der Waals surface area (Å²) in [5.41, 5.74) is 0. The van der Waals surface area contributed by atoms with Crippen molar-refractivity contribution in [3.05, 3.63) is 60.8 Å². The number of quaternary nitrogens is 1. The van der Waals surface area contributed by atoms with Gasteiger partial charge in [-0.1, -0.05) is 281 Å². The smallest absolute Gasteiger partial charge is 0.456 e. The Balaban J connectivity index is 5.17. The SMILES string of the molecule is CCCCC/C=C\C/C=C\C/C=C\CCCCCCCCCCC(=O)NC(COP(=O)(O)OCC[N+](C)(C)C)C(/C=C/CCCCCCCCCCCCC)OC(=O)CCCCCCCCCCCCC/C=C/CCCCCCCC. The summed E-state index contributed by atoms with van der Waals surface area (Å²) in [7, 11) is 1.50. The summed E-state index contributed by atoms with van der Waals surface area (Å²) in [5, 5.41) is 3.07. The fourth-order valence-corrected chi connectivity index (χ4v) is 10.8. The van der Waals surface area contributed by atoms with Crippen molar-refractivity contribution in [2.45, 2.75) is 341 Å². The Morgan fingerprint density at radius 2 is 0.753 bits per heavy atom. The van der Waals surface area contributed by atoms with Gasteiger partial charge in [-0.15, -0.1) is 0 Å². The summed E-state index contributed by atoms with van der Waals surface area (Å²) in [6, 6.07) is -0.854. The van der Waals surface area contributed by atoms with Crippen LogP contribution in [0.25, 0.3) is 0 Å². The molecule has 9 nitrogen and oxygen atoms in total. The molecule has 0 aliphatic carbocycles. The van der Waals surface area contributed by atoms with Crippen LogP contribution in [-0.4, -0.2) is 74.3 Å². The molecule has 0 aromatic carbocycles. The van der Waals surface area contributed by atoms with Gasteiger partial charge in [0.25, 0.3) is 0 Å². The van der Waals surface area contributed by atoms with E-state index in [0.717, 1.165) is 83.5 Å². The lowest BCUT2D eigenvalue weighted by molar-refractivity contribution is -0.870. The van der Waals surface area contributed by atoms with Crippen molar-refractivity contribution in [3.8, 4) is 0 Å². The molecule has 0 spiro atoms. The monoisotopic (exact) mass is 1160 g/mol. The van der Waals surface area contributed by atoms with E-state index in [2.05, 4.69) is 74.7 Å². The first-order valence-electron chi connectivity index (χ1n) is 34.6. The highest BCUT2D eigenvalue weighted by Crippen LogP contribution is 2.43. The molecule has 0 aliphatic heterocycles. The fourth-order valence-electron chi connectivity index (χ4n) is 10.1. The number of carbonyl (C=O) groups excluding carboxylic acids is 2. The number of amides is 1. The van der Waals surface area contributed by atoms with Gasteiger partial charge in [0.05, 0.1) is 33.8 Å². The Hall–Kier alpha value is -2.29. The van der Waals surface area contributed by atoms with E-state index < -0.39 is 20.0 Å². The molecule has 0 fully saturated rings. The van der Waals surface area contributed by atoms with E-state index in [9.17, 15) is 19.0 Å². The number of likely N-dealkylation sites (N-methyl/N-ethyl adjacent to an activating group) is 1. The minimum absolute atomic E-state index is 0.0382. The van der Waals surface area contributed by atoms with E-state index in [-0.39, 0.29) is 31.5 Å². The van der Waals surface area contributed by atoms with Crippen LogP contribution in [0.15, 0.2) is 60.8 Å². The van der Waals surface area contributed by atoms with Crippen molar-refractivity contribution in [2.75, 3.05) is 40.9 Å². The van der Waals surface area contributed by atoms with Crippen molar-refractivity contribution < 1.29 is 37.3 Å². The standard InChI is InChI=1S/C71H133N2O7P/c1-7-10-13-16-19-22-25-28-30-32-34-36-38-40-42-45-48-51-54-57-60-63-70(74)72-68(67-79-81(76,77)78-66-65-73(4,5)6)69(62-59-56-53-50-47-44-27-24-21-18-15-12-9-3)80-71(75)64-61-58-55-52-49-46-43-41-39-37-35-33-31-29-26-23-20-17-14-11-8-2/h19,22,28-31,34,36,59,62,68-69H,7-18,20-21,23-27,32-33,35,37-58,60-61,63-67H2,1-6H3,(H-,72,74,76,77)/p+1/b22-19-,30-28-,31-29+,36-34-,62-59+. The first-order valence-corrected chi connectivity index (χ1v) is 36.1. The third kappa shape index (κ3) is 62.1. The minimum Gasteiger partial charge on any atom is -0.456 e. The molecule has 0 saturated heterocycles. The highest BCUT2D eigenvalue weighted by atomic mass is 31.2. The van der Waals surface area contributed by atoms with Crippen LogP contribution in [0.5, 0.6) is 0 Å². The van der Waals surface area contributed by atoms with Gasteiger partial charge in [0, 0.05) is 12.8 Å². The number of esters is 1. The van der Waals surface area contributed by atoms with Gasteiger partial charge in [-0.3, -0.25) is 18.6 Å². The van der Waals surface area contributed by atoms with Crippen molar-refractivity contribution in [1.29, 1.82) is 0 Å². The van der Waals surface area contributed by atoms with E-state index in [1.165, 1.54) is 212 Å². The van der Waals surface area contributed by atoms with Gasteiger partial charge >= 0.3 is 13.8 Å². The third-order valence-corrected chi connectivity index (χ3v) is 16.4. The zero-order valence-electron chi connectivity index (χ0n) is 54.3. The van der Waals surface area contributed by atoms with Gasteiger partial charge in [0.2, 0.25) is 5.91 Å². The highest BCUT2D eigenvalue weighted by Gasteiger charge is 2.30. The van der Waals surface area contributed by atoms with Gasteiger partial charge in [-0.2, -0.15) is 0 Å². The number of nitrogens with one attached hydrogen (secondary N) is 1. The predicted molar refractivity (Wildman–Crippen MR) is 351 cm³/mol. The summed E-state index contributed by atoms with van der Waals surface area (Å²) in [5.74, 6) is -0.503. The first-order chi connectivity index (χ1) is 39.4. The topological polar surface area (TPSA) is 111 Å². The molecule has 0 heterocycles. The Morgan fingerprint density at radius 1 is 0.432 bits per heavy atom. The van der Waals surface area contributed by atoms with Crippen LogP contribution in [0.3, 0.4) is 0 Å². The second-order valence-corrected chi connectivity index (χ2v) is 26.1. The fraction of sp³-hybridized carbons (Fsp3) is 0.831. The summed E-state index contributed by atoms with van der Waals surface area (Å²) < 4.78 is 30.8. The molecule has 0 rings (SSSR count). The molecule has 474 valence electrons. The van der Waals surface area contributed by atoms with E-state index in [0.29, 0.717) is 17.4 Å². The van der Waals surface area contributed by atoms with Crippen LogP contribution in [0.4, 0.5) is 0 Å². The zero-order chi connectivity index (χ0) is 59.3. The summed E-state index contributed by atoms with van der Waals surface area (Å²) in [4.78, 5) is 37.9. The van der Waals surface area contributed by atoms with E-state index >= 15 is 0 Å². The number of phosphoric acid groups is 1. The Morgan fingerprint density at radius 3 is 1.16 bits per heavy atom. The molecule has 2 N–H and O–H groups in total. The van der Waals surface area contributed by atoms with Crippen LogP contribution in [0.2, 0.25) is 0 Å². The van der Waals surface area contributed by atoms with Gasteiger partial charge in [0.15, 0.2) is 0 Å². The van der Waals surface area contributed by atoms with E-state index in [1.54, 1.807) is 0 Å². The van der Waals surface area contributed by atoms with Crippen LogP contribution >= 0.6 is 7.82 Å². The summed E-state index contributed by atoms with van der Waals surface area (Å²) in [6.45, 7) is 7.01. The van der Waals surface area contributed by atoms with Crippen LogP contribution in [0.1, 0.15) is 329 Å². The van der Waals surface area contributed by atoms with Crippen LogP contribution in [-0.2, 0) is 27.9 Å². The number of rotatable bonds is 63. The van der Waals surface area contributed by atoms with Gasteiger partial charge in [0.1, 0.15) is 19.3 Å². The molecule has 3 unspecified atom stereocenters. The Kier molecular flexibility index (Phi) is 59.1. The number of ether oxygens (including phenoxy) is 1. The molecule has 1 amide bonds. The maximum Gasteiger partial charge on any atom is 0.472 e. The third-order valence-electron chi connectivity index (χ3n) is 15.4. The zero-order valence-corrected chi connectivity index (χ0v) is 55.2. The number of nitrogens with zero attached hydrogens (tertiary/aromatic N) is 1. The maximum absolute atomic E-state index is 13.6. The number of hydrogen-bond donors (Lipinski definition) is 2. The number of unbranched alkanes of at least 4 members (excludes halogenated alkanes) is 39. The number of carbonyl (C=O) groups is 2. The van der Waals surface area contributed by atoms with Crippen molar-refractivity contribution in [1.82, 2.24) is 5.32 Å². The predicted octanol–water partition coefficient (Wildman–Crippen LogP) is 21.8. The summed E-state index contributed by atoms with van der Waals surface area (Å²) in [6.07, 6.45) is 77.9.